The number of hydrogen-bond acceptors (Lipinski definition) is 5. The summed E-state index contributed by atoms with van der Waals surface area (Å²) in [6, 6.07) is 6.18. The second kappa shape index (κ2) is 11.2. The zero-order chi connectivity index (χ0) is 25.2. The molecule has 1 N–H and O–H groups in total. The van der Waals surface area contributed by atoms with Crippen molar-refractivity contribution < 1.29 is 18.0 Å². The second-order valence-corrected chi connectivity index (χ2v) is 12.4. The molecule has 0 spiro atoms. The van der Waals surface area contributed by atoms with Gasteiger partial charge in [0.1, 0.15) is 0 Å². The number of thioether (sulfide) groups is 1. The number of nitrogens with one attached hydrogen (secondary N) is 1. The fraction of sp³-hybridized carbons (Fsp3) is 0.615. The minimum atomic E-state index is -4.06. The van der Waals surface area contributed by atoms with Crippen molar-refractivity contribution in [3.05, 3.63) is 45.4 Å². The lowest BCUT2D eigenvalue weighted by Crippen LogP contribution is -2.35. The van der Waals surface area contributed by atoms with Crippen LogP contribution in [0.1, 0.15) is 78.3 Å². The highest BCUT2D eigenvalue weighted by Gasteiger charge is 2.42. The SMILES string of the molecule is CCSc1ccc(CNC(=O)c2cc3c(s2)C(C(C)C)N(C[C@H]2CC[C@H](C(F)(F)F)CC2)C3)nc1. The summed E-state index contributed by atoms with van der Waals surface area (Å²) < 4.78 is 39.1. The number of pyridine rings is 1. The molecule has 2 aliphatic rings. The normalized spacial score (nSPS) is 23.0. The summed E-state index contributed by atoms with van der Waals surface area (Å²) in [5.41, 5.74) is 2.01. The van der Waals surface area contributed by atoms with Gasteiger partial charge in [-0.05, 0) is 67.0 Å². The zero-order valence-corrected chi connectivity index (χ0v) is 22.2. The quantitative estimate of drug-likeness (QED) is 0.375. The number of amides is 1. The molecule has 9 heteroatoms. The predicted molar refractivity (Wildman–Crippen MR) is 136 cm³/mol. The summed E-state index contributed by atoms with van der Waals surface area (Å²) in [6.07, 6.45) is -0.455. The van der Waals surface area contributed by atoms with E-state index >= 15 is 0 Å². The topological polar surface area (TPSA) is 45.2 Å². The molecule has 0 aromatic carbocycles. The van der Waals surface area contributed by atoms with E-state index in [-0.39, 0.29) is 24.8 Å². The number of alkyl halides is 3. The standard InChI is InChI=1S/C26H34F3N3OS2/c1-4-34-21-10-9-20(30-13-21)12-31-25(33)22-11-18-15-32(23(16(2)3)24(18)35-22)14-17-5-7-19(8-6-17)26(27,28)29/h9-11,13,16-17,19,23H,4-8,12,14-15H2,1-3H3,(H,31,33)/t17-,19-,23?. The highest BCUT2D eigenvalue weighted by atomic mass is 32.2. The average Bonchev–Trinajstić information content (AvgIpc) is 3.36. The molecule has 1 aliphatic heterocycles. The molecular weight excluding hydrogens is 491 g/mol. The smallest absolute Gasteiger partial charge is 0.346 e. The van der Waals surface area contributed by atoms with E-state index in [1.165, 1.54) is 10.4 Å². The maximum atomic E-state index is 13.0. The van der Waals surface area contributed by atoms with Crippen LogP contribution in [-0.4, -0.2) is 34.3 Å². The van der Waals surface area contributed by atoms with Gasteiger partial charge in [0.15, 0.2) is 0 Å². The van der Waals surface area contributed by atoms with Crippen molar-refractivity contribution >= 4 is 29.0 Å². The number of thiophene rings is 1. The lowest BCUT2D eigenvalue weighted by molar-refractivity contribution is -0.184. The van der Waals surface area contributed by atoms with Gasteiger partial charge in [0, 0.05) is 35.1 Å². The van der Waals surface area contributed by atoms with Gasteiger partial charge in [0.25, 0.3) is 5.91 Å². The number of hydrogen-bond donors (Lipinski definition) is 1. The van der Waals surface area contributed by atoms with Crippen molar-refractivity contribution in [2.45, 2.75) is 76.7 Å². The van der Waals surface area contributed by atoms with Crippen LogP contribution in [0.2, 0.25) is 0 Å². The van der Waals surface area contributed by atoms with E-state index in [1.54, 1.807) is 23.1 Å². The van der Waals surface area contributed by atoms with Crippen molar-refractivity contribution in [1.82, 2.24) is 15.2 Å². The van der Waals surface area contributed by atoms with Gasteiger partial charge in [-0.2, -0.15) is 13.2 Å². The predicted octanol–water partition coefficient (Wildman–Crippen LogP) is 7.07. The first-order chi connectivity index (χ1) is 16.7. The second-order valence-electron chi connectivity index (χ2n) is 9.98. The molecule has 0 radical (unpaired) electrons. The van der Waals surface area contributed by atoms with E-state index in [0.29, 0.717) is 36.1 Å². The Kier molecular flexibility index (Phi) is 8.49. The Morgan fingerprint density at radius 2 is 2.00 bits per heavy atom. The first-order valence-electron chi connectivity index (χ1n) is 12.4. The number of aromatic nitrogens is 1. The summed E-state index contributed by atoms with van der Waals surface area (Å²) in [5, 5.41) is 2.99. The molecule has 1 atom stereocenters. The van der Waals surface area contributed by atoms with E-state index in [0.717, 1.165) is 29.4 Å². The summed E-state index contributed by atoms with van der Waals surface area (Å²) in [4.78, 5) is 22.8. The van der Waals surface area contributed by atoms with Crippen molar-refractivity contribution in [2.24, 2.45) is 17.8 Å². The number of fused-ring (bicyclic) bond motifs is 1. The Bertz CT molecular complexity index is 998. The third kappa shape index (κ3) is 6.41. The molecule has 192 valence electrons. The Balaban J connectivity index is 1.34. The third-order valence-corrected chi connectivity index (χ3v) is 9.18. The van der Waals surface area contributed by atoms with Crippen LogP contribution in [0.4, 0.5) is 13.2 Å². The number of halogens is 3. The van der Waals surface area contributed by atoms with Crippen LogP contribution in [-0.2, 0) is 13.1 Å². The molecule has 2 aromatic rings. The van der Waals surface area contributed by atoms with Gasteiger partial charge >= 0.3 is 6.18 Å². The number of carbonyl (C=O) groups excluding carboxylic acids is 1. The Labute approximate surface area is 214 Å². The van der Waals surface area contributed by atoms with Crippen LogP contribution in [0.5, 0.6) is 0 Å². The Hall–Kier alpha value is -1.58. The molecule has 35 heavy (non-hydrogen) atoms. The largest absolute Gasteiger partial charge is 0.391 e. The molecular formula is C26H34F3N3OS2. The molecule has 0 saturated heterocycles. The van der Waals surface area contributed by atoms with Crippen molar-refractivity contribution in [3.63, 3.8) is 0 Å². The highest BCUT2D eigenvalue weighted by molar-refractivity contribution is 7.99. The summed E-state index contributed by atoms with van der Waals surface area (Å²) in [6.45, 7) is 8.44. The molecule has 3 heterocycles. The van der Waals surface area contributed by atoms with Crippen LogP contribution in [0.25, 0.3) is 0 Å². The lowest BCUT2D eigenvalue weighted by atomic mass is 9.81. The first-order valence-corrected chi connectivity index (χ1v) is 14.2. The molecule has 1 fully saturated rings. The highest BCUT2D eigenvalue weighted by Crippen LogP contribution is 2.46. The van der Waals surface area contributed by atoms with E-state index in [4.69, 9.17) is 0 Å². The maximum absolute atomic E-state index is 13.0. The minimum Gasteiger partial charge on any atom is -0.346 e. The average molecular weight is 526 g/mol. The molecule has 4 rings (SSSR count). The molecule has 1 amide bonds. The minimum absolute atomic E-state index is 0.0854. The molecule has 0 bridgehead atoms. The zero-order valence-electron chi connectivity index (χ0n) is 20.5. The van der Waals surface area contributed by atoms with Crippen molar-refractivity contribution in [1.29, 1.82) is 0 Å². The van der Waals surface area contributed by atoms with Crippen LogP contribution in [0.3, 0.4) is 0 Å². The molecule has 2 aromatic heterocycles. The molecule has 1 saturated carbocycles. The van der Waals surface area contributed by atoms with Gasteiger partial charge in [0.2, 0.25) is 0 Å². The Morgan fingerprint density at radius 1 is 1.26 bits per heavy atom. The van der Waals surface area contributed by atoms with Crippen molar-refractivity contribution in [2.75, 3.05) is 12.3 Å². The van der Waals surface area contributed by atoms with E-state index in [2.05, 4.69) is 36.0 Å². The lowest BCUT2D eigenvalue weighted by Gasteiger charge is -2.35. The fourth-order valence-corrected chi connectivity index (χ4v) is 7.37. The summed E-state index contributed by atoms with van der Waals surface area (Å²) in [7, 11) is 0. The van der Waals surface area contributed by atoms with Gasteiger partial charge in [-0.3, -0.25) is 14.7 Å². The van der Waals surface area contributed by atoms with E-state index in [1.807, 2.05) is 24.4 Å². The molecule has 1 unspecified atom stereocenters. The van der Waals surface area contributed by atoms with E-state index < -0.39 is 12.1 Å². The third-order valence-electron chi connectivity index (χ3n) is 7.07. The van der Waals surface area contributed by atoms with Gasteiger partial charge in [-0.1, -0.05) is 20.8 Å². The fourth-order valence-electron chi connectivity index (χ4n) is 5.34. The van der Waals surface area contributed by atoms with Crippen LogP contribution >= 0.6 is 23.1 Å². The number of rotatable bonds is 8. The maximum Gasteiger partial charge on any atom is 0.391 e. The first kappa shape index (κ1) is 26.5. The molecule has 4 nitrogen and oxygen atoms in total. The molecule has 1 aliphatic carbocycles. The van der Waals surface area contributed by atoms with Crippen LogP contribution in [0, 0.1) is 17.8 Å². The Morgan fingerprint density at radius 3 is 2.60 bits per heavy atom. The van der Waals surface area contributed by atoms with Gasteiger partial charge in [-0.15, -0.1) is 23.1 Å². The summed E-state index contributed by atoms with van der Waals surface area (Å²) in [5.74, 6) is 0.443. The van der Waals surface area contributed by atoms with Gasteiger partial charge in [0.05, 0.1) is 23.0 Å². The van der Waals surface area contributed by atoms with E-state index in [9.17, 15) is 18.0 Å². The number of nitrogens with zero attached hydrogens (tertiary/aromatic N) is 2. The van der Waals surface area contributed by atoms with Crippen molar-refractivity contribution in [3.8, 4) is 0 Å². The summed E-state index contributed by atoms with van der Waals surface area (Å²) >= 11 is 3.29. The van der Waals surface area contributed by atoms with Gasteiger partial charge in [-0.25, -0.2) is 0 Å². The van der Waals surface area contributed by atoms with Gasteiger partial charge < -0.3 is 5.32 Å². The monoisotopic (exact) mass is 525 g/mol. The number of carbonyl (C=O) groups is 1. The van der Waals surface area contributed by atoms with Crippen LogP contribution in [0.15, 0.2) is 29.3 Å². The van der Waals surface area contributed by atoms with Crippen LogP contribution < -0.4 is 5.32 Å².